The van der Waals surface area contributed by atoms with Crippen LogP contribution in [0.25, 0.3) is 0 Å². The Kier molecular flexibility index (Phi) is 6.45. The van der Waals surface area contributed by atoms with E-state index in [-0.39, 0.29) is 5.91 Å². The molecule has 0 aliphatic heterocycles. The van der Waals surface area contributed by atoms with Crippen molar-refractivity contribution in [1.82, 2.24) is 5.32 Å². The molecule has 0 aliphatic carbocycles. The van der Waals surface area contributed by atoms with E-state index in [0.717, 1.165) is 37.3 Å². The number of hydrogen-bond donors (Lipinski definition) is 2. The van der Waals surface area contributed by atoms with E-state index >= 15 is 0 Å². The zero-order valence-electron chi connectivity index (χ0n) is 12.0. The van der Waals surface area contributed by atoms with E-state index in [1.807, 2.05) is 26.8 Å². The number of carbonyl (C=O) groups is 1. The second-order valence-electron chi connectivity index (χ2n) is 4.87. The van der Waals surface area contributed by atoms with Crippen molar-refractivity contribution in [2.75, 3.05) is 12.3 Å². The molecule has 19 heavy (non-hydrogen) atoms. The molecule has 1 aromatic rings. The maximum absolute atomic E-state index is 11.4. The minimum absolute atomic E-state index is 0.271. The number of thioether (sulfide) groups is 1. The van der Waals surface area contributed by atoms with E-state index in [4.69, 9.17) is 10.2 Å². The highest BCUT2D eigenvalue weighted by atomic mass is 32.2. The third-order valence-corrected chi connectivity index (χ3v) is 4.48. The summed E-state index contributed by atoms with van der Waals surface area (Å²) in [5.41, 5.74) is 4.87. The summed E-state index contributed by atoms with van der Waals surface area (Å²) in [6, 6.07) is 1.99. The van der Waals surface area contributed by atoms with Crippen LogP contribution in [0.1, 0.15) is 38.9 Å². The lowest BCUT2D eigenvalue weighted by Gasteiger charge is -2.26. The van der Waals surface area contributed by atoms with Crippen LogP contribution in [0.5, 0.6) is 0 Å². The fourth-order valence-corrected chi connectivity index (χ4v) is 2.95. The second kappa shape index (κ2) is 7.60. The molecule has 0 aromatic carbocycles. The van der Waals surface area contributed by atoms with Gasteiger partial charge in [0, 0.05) is 4.90 Å². The average Bonchev–Trinajstić information content (AvgIpc) is 2.75. The summed E-state index contributed by atoms with van der Waals surface area (Å²) < 4.78 is 5.25. The van der Waals surface area contributed by atoms with Gasteiger partial charge in [-0.15, -0.1) is 11.8 Å². The van der Waals surface area contributed by atoms with Gasteiger partial charge in [0.05, 0.1) is 11.8 Å². The lowest BCUT2D eigenvalue weighted by molar-refractivity contribution is -0.124. The normalized spacial score (nSPS) is 14.3. The molecule has 1 heterocycles. The van der Waals surface area contributed by atoms with Crippen LogP contribution < -0.4 is 11.1 Å². The van der Waals surface area contributed by atoms with Crippen LogP contribution >= 0.6 is 11.8 Å². The van der Waals surface area contributed by atoms with Gasteiger partial charge in [0.2, 0.25) is 5.91 Å². The predicted octanol–water partition coefficient (Wildman–Crippen LogP) is 2.70. The lowest BCUT2D eigenvalue weighted by Crippen LogP contribution is -2.52. The number of unbranched alkanes of at least 4 members (excludes halogenated alkanes) is 1. The number of nitrogens with one attached hydrogen (secondary N) is 1. The molecule has 0 spiro atoms. The van der Waals surface area contributed by atoms with Crippen molar-refractivity contribution < 1.29 is 9.21 Å². The molecule has 0 aliphatic rings. The molecule has 1 amide bonds. The number of primary amides is 1. The van der Waals surface area contributed by atoms with Crippen LogP contribution in [0, 0.1) is 6.92 Å². The number of aryl methyl sites for hydroxylation is 1. The average molecular weight is 284 g/mol. The summed E-state index contributed by atoms with van der Waals surface area (Å²) in [5.74, 6) is 1.73. The van der Waals surface area contributed by atoms with Gasteiger partial charge in [-0.2, -0.15) is 0 Å². The van der Waals surface area contributed by atoms with Crippen molar-refractivity contribution in [1.29, 1.82) is 0 Å². The van der Waals surface area contributed by atoms with Crippen LogP contribution in [0.15, 0.2) is 21.6 Å². The van der Waals surface area contributed by atoms with Gasteiger partial charge < -0.3 is 15.5 Å². The second-order valence-corrected chi connectivity index (χ2v) is 6.01. The number of hydrogen-bond acceptors (Lipinski definition) is 4. The fourth-order valence-electron chi connectivity index (χ4n) is 1.97. The molecule has 1 unspecified atom stereocenters. The molecule has 1 atom stereocenters. The SMILES string of the molecule is CCNC(C)(CCCCSc1ccoc1C)C(N)=O. The van der Waals surface area contributed by atoms with Gasteiger partial charge in [0.15, 0.2) is 0 Å². The summed E-state index contributed by atoms with van der Waals surface area (Å²) in [6.07, 6.45) is 4.54. The highest BCUT2D eigenvalue weighted by Gasteiger charge is 2.28. The van der Waals surface area contributed by atoms with E-state index in [0.29, 0.717) is 0 Å². The van der Waals surface area contributed by atoms with Crippen LogP contribution in [0.2, 0.25) is 0 Å². The first-order chi connectivity index (χ1) is 8.99. The Labute approximate surface area is 119 Å². The Morgan fingerprint density at radius 2 is 2.26 bits per heavy atom. The largest absolute Gasteiger partial charge is 0.468 e. The van der Waals surface area contributed by atoms with Gasteiger partial charge in [-0.3, -0.25) is 4.79 Å². The highest BCUT2D eigenvalue weighted by Crippen LogP contribution is 2.24. The first-order valence-corrected chi connectivity index (χ1v) is 7.70. The summed E-state index contributed by atoms with van der Waals surface area (Å²) in [7, 11) is 0. The zero-order chi connectivity index (χ0) is 14.3. The Hall–Kier alpha value is -0.940. The van der Waals surface area contributed by atoms with Gasteiger partial charge in [-0.1, -0.05) is 13.3 Å². The summed E-state index contributed by atoms with van der Waals surface area (Å²) in [4.78, 5) is 12.6. The fraction of sp³-hybridized carbons (Fsp3) is 0.643. The molecule has 1 rings (SSSR count). The quantitative estimate of drug-likeness (QED) is 0.540. The number of likely N-dealkylation sites (N-methyl/N-ethyl adjacent to an activating group) is 1. The lowest BCUT2D eigenvalue weighted by atomic mass is 9.94. The zero-order valence-corrected chi connectivity index (χ0v) is 12.8. The molecular formula is C14H24N2O2S. The number of nitrogens with two attached hydrogens (primary N) is 1. The van der Waals surface area contributed by atoms with Crippen LogP contribution in [-0.4, -0.2) is 23.7 Å². The maximum atomic E-state index is 11.4. The molecular weight excluding hydrogens is 260 g/mol. The van der Waals surface area contributed by atoms with Crippen molar-refractivity contribution in [2.45, 2.75) is 50.5 Å². The van der Waals surface area contributed by atoms with Gasteiger partial charge in [0.25, 0.3) is 0 Å². The molecule has 5 heteroatoms. The van der Waals surface area contributed by atoms with Crippen molar-refractivity contribution in [3.05, 3.63) is 18.1 Å². The Bertz CT molecular complexity index is 406. The molecule has 0 radical (unpaired) electrons. The van der Waals surface area contributed by atoms with Gasteiger partial charge in [-0.05, 0) is 45.1 Å². The standard InChI is InChI=1S/C14H24N2O2S/c1-4-16-14(3,13(15)17)8-5-6-10-19-12-7-9-18-11(12)2/h7,9,16H,4-6,8,10H2,1-3H3,(H2,15,17). The Morgan fingerprint density at radius 3 is 2.79 bits per heavy atom. The van der Waals surface area contributed by atoms with E-state index < -0.39 is 5.54 Å². The van der Waals surface area contributed by atoms with E-state index in [1.165, 1.54) is 4.90 Å². The Balaban J connectivity index is 2.26. The third kappa shape index (κ3) is 4.91. The molecule has 0 saturated carbocycles. The number of rotatable bonds is 9. The highest BCUT2D eigenvalue weighted by molar-refractivity contribution is 7.99. The topological polar surface area (TPSA) is 68.3 Å². The summed E-state index contributed by atoms with van der Waals surface area (Å²) in [5, 5.41) is 3.18. The maximum Gasteiger partial charge on any atom is 0.237 e. The first kappa shape index (κ1) is 16.1. The van der Waals surface area contributed by atoms with Crippen molar-refractivity contribution in [3.63, 3.8) is 0 Å². The van der Waals surface area contributed by atoms with E-state index in [2.05, 4.69) is 5.32 Å². The number of carbonyl (C=O) groups excluding carboxylic acids is 1. The Morgan fingerprint density at radius 1 is 1.53 bits per heavy atom. The minimum Gasteiger partial charge on any atom is -0.468 e. The van der Waals surface area contributed by atoms with Crippen molar-refractivity contribution in [3.8, 4) is 0 Å². The molecule has 0 bridgehead atoms. The molecule has 0 saturated heterocycles. The molecule has 4 nitrogen and oxygen atoms in total. The summed E-state index contributed by atoms with van der Waals surface area (Å²) in [6.45, 7) is 6.59. The van der Waals surface area contributed by atoms with Crippen LogP contribution in [0.3, 0.4) is 0 Å². The van der Waals surface area contributed by atoms with E-state index in [9.17, 15) is 4.79 Å². The van der Waals surface area contributed by atoms with Gasteiger partial charge in [0.1, 0.15) is 5.76 Å². The predicted molar refractivity (Wildman–Crippen MR) is 79.3 cm³/mol. The van der Waals surface area contributed by atoms with Crippen LogP contribution in [-0.2, 0) is 4.79 Å². The summed E-state index contributed by atoms with van der Waals surface area (Å²) >= 11 is 1.80. The first-order valence-electron chi connectivity index (χ1n) is 6.71. The van der Waals surface area contributed by atoms with Gasteiger partial charge in [-0.25, -0.2) is 0 Å². The number of furan rings is 1. The van der Waals surface area contributed by atoms with E-state index in [1.54, 1.807) is 18.0 Å². The molecule has 0 fully saturated rings. The molecule has 3 N–H and O–H groups in total. The van der Waals surface area contributed by atoms with Gasteiger partial charge >= 0.3 is 0 Å². The third-order valence-electron chi connectivity index (χ3n) is 3.25. The molecule has 108 valence electrons. The number of amides is 1. The minimum atomic E-state index is -0.578. The van der Waals surface area contributed by atoms with Crippen molar-refractivity contribution >= 4 is 17.7 Å². The monoisotopic (exact) mass is 284 g/mol. The smallest absolute Gasteiger partial charge is 0.237 e. The van der Waals surface area contributed by atoms with Crippen molar-refractivity contribution in [2.24, 2.45) is 5.73 Å². The van der Waals surface area contributed by atoms with Crippen LogP contribution in [0.4, 0.5) is 0 Å². The molecule has 1 aromatic heterocycles.